The number of nitrogens with zero attached hydrogens (tertiary/aromatic N) is 1. The third kappa shape index (κ3) is 4.42. The molecular formula is C20H24N2O4S. The highest BCUT2D eigenvalue weighted by atomic mass is 32.2. The number of amides is 1. The van der Waals surface area contributed by atoms with Crippen LogP contribution in [-0.2, 0) is 10.0 Å². The Kier molecular flexibility index (Phi) is 5.70. The summed E-state index contributed by atoms with van der Waals surface area (Å²) in [5.74, 6) is 0.599. The molecule has 0 saturated carbocycles. The molecule has 6 nitrogen and oxygen atoms in total. The van der Waals surface area contributed by atoms with E-state index in [4.69, 9.17) is 4.74 Å². The van der Waals surface area contributed by atoms with Crippen LogP contribution in [0.25, 0.3) is 0 Å². The topological polar surface area (TPSA) is 75.7 Å². The van der Waals surface area contributed by atoms with Gasteiger partial charge in [0.05, 0.1) is 12.0 Å². The maximum atomic E-state index is 12.7. The lowest BCUT2D eigenvalue weighted by Gasteiger charge is -2.33. The molecule has 0 radical (unpaired) electrons. The number of methoxy groups -OCH3 is 1. The minimum atomic E-state index is -3.73. The van der Waals surface area contributed by atoms with E-state index in [9.17, 15) is 13.2 Å². The molecule has 7 heteroatoms. The molecule has 1 atom stereocenters. The van der Waals surface area contributed by atoms with Crippen molar-refractivity contribution in [1.29, 1.82) is 0 Å². The zero-order valence-electron chi connectivity index (χ0n) is 15.5. The monoisotopic (exact) mass is 388 g/mol. The fraction of sp³-hybridized carbons (Fsp3) is 0.350. The summed E-state index contributed by atoms with van der Waals surface area (Å²) in [6.45, 7) is 2.80. The first-order chi connectivity index (χ1) is 12.9. The van der Waals surface area contributed by atoms with E-state index < -0.39 is 10.0 Å². The van der Waals surface area contributed by atoms with Gasteiger partial charge in [-0.3, -0.25) is 9.52 Å². The number of carbonyl (C=O) groups is 1. The quantitative estimate of drug-likeness (QED) is 0.850. The number of benzene rings is 2. The molecule has 2 aromatic rings. The lowest BCUT2D eigenvalue weighted by atomic mass is 10.0. The van der Waals surface area contributed by atoms with Crippen molar-refractivity contribution >= 4 is 21.6 Å². The molecular weight excluding hydrogens is 364 g/mol. The number of nitrogens with one attached hydrogen (secondary N) is 1. The minimum Gasteiger partial charge on any atom is -0.497 e. The molecule has 1 saturated heterocycles. The Bertz CT molecular complexity index is 893. The molecule has 1 aliphatic heterocycles. The Labute approximate surface area is 160 Å². The van der Waals surface area contributed by atoms with E-state index in [1.807, 2.05) is 4.90 Å². The molecule has 1 aliphatic rings. The zero-order chi connectivity index (χ0) is 19.4. The van der Waals surface area contributed by atoms with Gasteiger partial charge in [0.15, 0.2) is 0 Å². The summed E-state index contributed by atoms with van der Waals surface area (Å²) < 4.78 is 32.7. The molecule has 1 fully saturated rings. The number of anilines is 1. The molecule has 1 heterocycles. The number of sulfonamides is 1. The van der Waals surface area contributed by atoms with Crippen LogP contribution >= 0.6 is 0 Å². The van der Waals surface area contributed by atoms with E-state index in [-0.39, 0.29) is 16.8 Å². The van der Waals surface area contributed by atoms with Crippen molar-refractivity contribution < 1.29 is 17.9 Å². The van der Waals surface area contributed by atoms with Gasteiger partial charge in [0, 0.05) is 23.8 Å². The average molecular weight is 388 g/mol. The highest BCUT2D eigenvalue weighted by Gasteiger charge is 2.24. The predicted octanol–water partition coefficient (Wildman–Crippen LogP) is 3.51. The maximum Gasteiger partial charge on any atom is 0.261 e. The van der Waals surface area contributed by atoms with Crippen molar-refractivity contribution in [2.45, 2.75) is 37.1 Å². The number of hydrogen-bond donors (Lipinski definition) is 1. The molecule has 1 N–H and O–H groups in total. The first-order valence-corrected chi connectivity index (χ1v) is 10.5. The SMILES string of the molecule is COc1ccc(NS(=O)(=O)c2ccc(C(=O)N3CCCCC3C)cc2)cc1. The van der Waals surface area contributed by atoms with Crippen LogP contribution in [0.1, 0.15) is 36.5 Å². The normalized spacial score (nSPS) is 17.4. The number of rotatable bonds is 5. The minimum absolute atomic E-state index is 0.0470. The summed E-state index contributed by atoms with van der Waals surface area (Å²) in [7, 11) is -2.18. The van der Waals surface area contributed by atoms with E-state index in [0.29, 0.717) is 17.0 Å². The summed E-state index contributed by atoms with van der Waals surface area (Å²) in [6.07, 6.45) is 3.15. The number of piperidine rings is 1. The predicted molar refractivity (Wildman–Crippen MR) is 105 cm³/mol. The van der Waals surface area contributed by atoms with Crippen molar-refractivity contribution in [3.8, 4) is 5.75 Å². The fourth-order valence-corrected chi connectivity index (χ4v) is 4.27. The van der Waals surface area contributed by atoms with E-state index in [1.54, 1.807) is 43.5 Å². The largest absolute Gasteiger partial charge is 0.497 e. The summed E-state index contributed by atoms with van der Waals surface area (Å²) in [6, 6.07) is 12.9. The van der Waals surface area contributed by atoms with E-state index in [2.05, 4.69) is 11.6 Å². The molecule has 2 aromatic carbocycles. The lowest BCUT2D eigenvalue weighted by Crippen LogP contribution is -2.42. The first-order valence-electron chi connectivity index (χ1n) is 8.98. The van der Waals surface area contributed by atoms with Crippen molar-refractivity contribution in [3.63, 3.8) is 0 Å². The standard InChI is InChI=1S/C20H24N2O4S/c1-15-5-3-4-14-22(15)20(23)16-6-12-19(13-7-16)27(24,25)21-17-8-10-18(26-2)11-9-17/h6-13,15,21H,3-5,14H2,1-2H3. The van der Waals surface area contributed by atoms with Crippen LogP contribution < -0.4 is 9.46 Å². The molecule has 27 heavy (non-hydrogen) atoms. The molecule has 144 valence electrons. The van der Waals surface area contributed by atoms with Crippen LogP contribution in [0.2, 0.25) is 0 Å². The number of hydrogen-bond acceptors (Lipinski definition) is 4. The third-order valence-electron chi connectivity index (χ3n) is 4.82. The Morgan fingerprint density at radius 3 is 2.33 bits per heavy atom. The Morgan fingerprint density at radius 2 is 1.74 bits per heavy atom. The first kappa shape index (κ1) is 19.2. The van der Waals surface area contributed by atoms with Crippen LogP contribution in [0, 0.1) is 0 Å². The number of ether oxygens (including phenoxy) is 1. The van der Waals surface area contributed by atoms with Crippen LogP contribution in [-0.4, -0.2) is 38.9 Å². The Morgan fingerprint density at radius 1 is 1.07 bits per heavy atom. The molecule has 0 bridgehead atoms. The molecule has 0 aliphatic carbocycles. The van der Waals surface area contributed by atoms with Crippen molar-refractivity contribution in [2.75, 3.05) is 18.4 Å². The number of carbonyl (C=O) groups excluding carboxylic acids is 1. The molecule has 1 unspecified atom stereocenters. The third-order valence-corrected chi connectivity index (χ3v) is 6.21. The van der Waals surface area contributed by atoms with E-state index >= 15 is 0 Å². The van der Waals surface area contributed by atoms with Gasteiger partial charge in [-0.1, -0.05) is 0 Å². The molecule has 0 spiro atoms. The van der Waals surface area contributed by atoms with Crippen molar-refractivity contribution in [2.24, 2.45) is 0 Å². The van der Waals surface area contributed by atoms with Crippen molar-refractivity contribution in [1.82, 2.24) is 4.90 Å². The second-order valence-electron chi connectivity index (χ2n) is 6.70. The van der Waals surface area contributed by atoms with Gasteiger partial charge in [-0.05, 0) is 74.7 Å². The Hall–Kier alpha value is -2.54. The smallest absolute Gasteiger partial charge is 0.261 e. The fourth-order valence-electron chi connectivity index (χ4n) is 3.22. The maximum absolute atomic E-state index is 12.7. The van der Waals surface area contributed by atoms with Crippen LogP contribution in [0.15, 0.2) is 53.4 Å². The van der Waals surface area contributed by atoms with Gasteiger partial charge in [0.25, 0.3) is 15.9 Å². The van der Waals surface area contributed by atoms with Gasteiger partial charge in [0.2, 0.25) is 0 Å². The van der Waals surface area contributed by atoms with Gasteiger partial charge >= 0.3 is 0 Å². The van der Waals surface area contributed by atoms with Gasteiger partial charge < -0.3 is 9.64 Å². The van der Waals surface area contributed by atoms with Crippen LogP contribution in [0.3, 0.4) is 0 Å². The van der Waals surface area contributed by atoms with E-state index in [0.717, 1.165) is 25.8 Å². The molecule has 0 aromatic heterocycles. The van der Waals surface area contributed by atoms with E-state index in [1.165, 1.54) is 12.1 Å². The summed E-state index contributed by atoms with van der Waals surface area (Å²) in [4.78, 5) is 14.6. The lowest BCUT2D eigenvalue weighted by molar-refractivity contribution is 0.0635. The highest BCUT2D eigenvalue weighted by Crippen LogP contribution is 2.22. The molecule has 1 amide bonds. The zero-order valence-corrected chi connectivity index (χ0v) is 16.3. The van der Waals surface area contributed by atoms with Gasteiger partial charge in [-0.2, -0.15) is 0 Å². The summed E-state index contributed by atoms with van der Waals surface area (Å²) >= 11 is 0. The van der Waals surface area contributed by atoms with Gasteiger partial charge in [0.1, 0.15) is 5.75 Å². The van der Waals surface area contributed by atoms with Crippen LogP contribution in [0.5, 0.6) is 5.75 Å². The summed E-state index contributed by atoms with van der Waals surface area (Å²) in [5.41, 5.74) is 0.949. The second kappa shape index (κ2) is 8.00. The van der Waals surface area contributed by atoms with Crippen molar-refractivity contribution in [3.05, 3.63) is 54.1 Å². The molecule has 3 rings (SSSR count). The average Bonchev–Trinajstić information content (AvgIpc) is 2.68. The van der Waals surface area contributed by atoms with Crippen LogP contribution in [0.4, 0.5) is 5.69 Å². The van der Waals surface area contributed by atoms with Gasteiger partial charge in [-0.25, -0.2) is 8.42 Å². The number of likely N-dealkylation sites (tertiary alicyclic amines) is 1. The Balaban J connectivity index is 1.74. The van der Waals surface area contributed by atoms with Gasteiger partial charge in [-0.15, -0.1) is 0 Å². The second-order valence-corrected chi connectivity index (χ2v) is 8.38. The highest BCUT2D eigenvalue weighted by molar-refractivity contribution is 7.92. The summed E-state index contributed by atoms with van der Waals surface area (Å²) in [5, 5.41) is 0.